The SMILES string of the molecule is CC(=O)c1ccc(Sc2ccc3c(c2)OCCCO3)cn1. The first-order valence-corrected chi connectivity index (χ1v) is 7.58. The number of hydrogen-bond acceptors (Lipinski definition) is 5. The molecular weight excluding hydrogens is 286 g/mol. The molecule has 0 fully saturated rings. The summed E-state index contributed by atoms with van der Waals surface area (Å²) in [5.74, 6) is 1.55. The molecule has 1 aromatic carbocycles. The summed E-state index contributed by atoms with van der Waals surface area (Å²) >= 11 is 1.58. The summed E-state index contributed by atoms with van der Waals surface area (Å²) < 4.78 is 11.3. The van der Waals surface area contributed by atoms with Gasteiger partial charge in [-0.1, -0.05) is 11.8 Å². The molecule has 0 spiro atoms. The van der Waals surface area contributed by atoms with Crippen LogP contribution in [0.25, 0.3) is 0 Å². The molecule has 0 unspecified atom stereocenters. The zero-order valence-corrected chi connectivity index (χ0v) is 12.5. The van der Waals surface area contributed by atoms with Crippen molar-refractivity contribution in [1.82, 2.24) is 4.98 Å². The number of benzene rings is 1. The number of ketones is 1. The minimum absolute atomic E-state index is 0.0258. The van der Waals surface area contributed by atoms with Crippen molar-refractivity contribution < 1.29 is 14.3 Å². The predicted octanol–water partition coefficient (Wildman–Crippen LogP) is 3.60. The summed E-state index contributed by atoms with van der Waals surface area (Å²) in [5, 5.41) is 0. The van der Waals surface area contributed by atoms with Crippen LogP contribution in [0.15, 0.2) is 46.3 Å². The maximum Gasteiger partial charge on any atom is 0.178 e. The number of pyridine rings is 1. The molecule has 0 saturated carbocycles. The van der Waals surface area contributed by atoms with Gasteiger partial charge in [-0.25, -0.2) is 0 Å². The van der Waals surface area contributed by atoms with Crippen molar-refractivity contribution in [2.75, 3.05) is 13.2 Å². The normalized spacial score (nSPS) is 13.6. The Morgan fingerprint density at radius 2 is 1.86 bits per heavy atom. The Labute approximate surface area is 127 Å². The van der Waals surface area contributed by atoms with Gasteiger partial charge in [-0.05, 0) is 30.3 Å². The van der Waals surface area contributed by atoms with E-state index >= 15 is 0 Å². The third kappa shape index (κ3) is 3.36. The second-order valence-corrected chi connectivity index (χ2v) is 5.84. The van der Waals surface area contributed by atoms with E-state index in [1.165, 1.54) is 6.92 Å². The lowest BCUT2D eigenvalue weighted by Gasteiger charge is -2.09. The van der Waals surface area contributed by atoms with Crippen molar-refractivity contribution in [3.8, 4) is 11.5 Å². The number of carbonyl (C=O) groups is 1. The highest BCUT2D eigenvalue weighted by molar-refractivity contribution is 7.99. The lowest BCUT2D eigenvalue weighted by atomic mass is 10.3. The smallest absolute Gasteiger partial charge is 0.178 e. The number of carbonyl (C=O) groups excluding carboxylic acids is 1. The quantitative estimate of drug-likeness (QED) is 0.811. The molecule has 0 saturated heterocycles. The summed E-state index contributed by atoms with van der Waals surface area (Å²) in [6.45, 7) is 2.88. The van der Waals surface area contributed by atoms with E-state index in [1.54, 1.807) is 24.0 Å². The molecule has 0 radical (unpaired) electrons. The van der Waals surface area contributed by atoms with Crippen LogP contribution in [0.2, 0.25) is 0 Å². The van der Waals surface area contributed by atoms with Crippen molar-refractivity contribution in [2.45, 2.75) is 23.1 Å². The van der Waals surface area contributed by atoms with Crippen LogP contribution in [-0.2, 0) is 0 Å². The van der Waals surface area contributed by atoms with E-state index in [4.69, 9.17) is 9.47 Å². The lowest BCUT2D eigenvalue weighted by molar-refractivity contribution is 0.101. The van der Waals surface area contributed by atoms with Crippen LogP contribution in [0, 0.1) is 0 Å². The van der Waals surface area contributed by atoms with Crippen LogP contribution in [0.5, 0.6) is 11.5 Å². The second-order valence-electron chi connectivity index (χ2n) is 4.70. The van der Waals surface area contributed by atoms with E-state index in [0.29, 0.717) is 18.9 Å². The van der Waals surface area contributed by atoms with E-state index in [1.807, 2.05) is 24.3 Å². The first-order chi connectivity index (χ1) is 10.2. The molecule has 0 N–H and O–H groups in total. The molecule has 108 valence electrons. The topological polar surface area (TPSA) is 48.4 Å². The minimum atomic E-state index is -0.0258. The summed E-state index contributed by atoms with van der Waals surface area (Å²) in [6.07, 6.45) is 2.61. The molecule has 5 heteroatoms. The minimum Gasteiger partial charge on any atom is -0.490 e. The average molecular weight is 301 g/mol. The van der Waals surface area contributed by atoms with Crippen molar-refractivity contribution in [3.05, 3.63) is 42.2 Å². The number of ether oxygens (including phenoxy) is 2. The van der Waals surface area contributed by atoms with Gasteiger partial charge >= 0.3 is 0 Å². The third-order valence-corrected chi connectivity index (χ3v) is 4.02. The van der Waals surface area contributed by atoms with Crippen LogP contribution >= 0.6 is 11.8 Å². The molecule has 0 amide bonds. The first kappa shape index (κ1) is 13.9. The van der Waals surface area contributed by atoms with Crippen molar-refractivity contribution in [3.63, 3.8) is 0 Å². The van der Waals surface area contributed by atoms with Crippen molar-refractivity contribution in [2.24, 2.45) is 0 Å². The molecule has 21 heavy (non-hydrogen) atoms. The Hall–Kier alpha value is -2.01. The van der Waals surface area contributed by atoms with Crippen molar-refractivity contribution in [1.29, 1.82) is 0 Å². The molecule has 1 aliphatic rings. The number of aromatic nitrogens is 1. The maximum atomic E-state index is 11.2. The fraction of sp³-hybridized carbons (Fsp3) is 0.250. The standard InChI is InChI=1S/C16H15NO3S/c1-11(18)14-5-3-13(10-17-14)21-12-4-6-15-16(9-12)20-8-2-7-19-15/h3-6,9-10H,2,7-8H2,1H3. The van der Waals surface area contributed by atoms with Gasteiger partial charge < -0.3 is 9.47 Å². The van der Waals surface area contributed by atoms with E-state index in [-0.39, 0.29) is 5.78 Å². The Bertz CT molecular complexity index is 655. The van der Waals surface area contributed by atoms with Gasteiger partial charge in [-0.3, -0.25) is 9.78 Å². The van der Waals surface area contributed by atoms with Gasteiger partial charge in [0, 0.05) is 29.3 Å². The van der Waals surface area contributed by atoms with Gasteiger partial charge in [0.2, 0.25) is 0 Å². The van der Waals surface area contributed by atoms with E-state index in [0.717, 1.165) is 27.7 Å². The van der Waals surface area contributed by atoms with Crippen LogP contribution in [0.4, 0.5) is 0 Å². The van der Waals surface area contributed by atoms with Gasteiger partial charge in [0.05, 0.1) is 13.2 Å². The van der Waals surface area contributed by atoms with Crippen LogP contribution in [0.1, 0.15) is 23.8 Å². The molecule has 4 nitrogen and oxygen atoms in total. The Morgan fingerprint density at radius 3 is 2.57 bits per heavy atom. The average Bonchev–Trinajstić information content (AvgIpc) is 2.72. The number of rotatable bonds is 3. The summed E-state index contributed by atoms with van der Waals surface area (Å²) in [4.78, 5) is 17.4. The van der Waals surface area contributed by atoms with Crippen LogP contribution < -0.4 is 9.47 Å². The Kier molecular flexibility index (Phi) is 4.10. The monoisotopic (exact) mass is 301 g/mol. The molecule has 1 aliphatic heterocycles. The van der Waals surface area contributed by atoms with Crippen LogP contribution in [-0.4, -0.2) is 24.0 Å². The van der Waals surface area contributed by atoms with E-state index in [9.17, 15) is 4.79 Å². The molecule has 0 atom stereocenters. The highest BCUT2D eigenvalue weighted by atomic mass is 32.2. The molecular formula is C16H15NO3S. The fourth-order valence-corrected chi connectivity index (χ4v) is 2.81. The summed E-state index contributed by atoms with van der Waals surface area (Å²) in [5.41, 5.74) is 0.484. The van der Waals surface area contributed by atoms with Gasteiger partial charge in [-0.2, -0.15) is 0 Å². The lowest BCUT2D eigenvalue weighted by Crippen LogP contribution is -1.97. The van der Waals surface area contributed by atoms with Gasteiger partial charge in [0.1, 0.15) is 5.69 Å². The number of fused-ring (bicyclic) bond motifs is 1. The molecule has 3 rings (SSSR count). The van der Waals surface area contributed by atoms with Gasteiger partial charge in [0.15, 0.2) is 17.3 Å². The summed E-state index contributed by atoms with van der Waals surface area (Å²) in [6, 6.07) is 9.55. The molecule has 2 aromatic rings. The molecule has 0 aliphatic carbocycles. The van der Waals surface area contributed by atoms with Crippen LogP contribution in [0.3, 0.4) is 0 Å². The van der Waals surface area contributed by atoms with Gasteiger partial charge in [-0.15, -0.1) is 0 Å². The zero-order valence-electron chi connectivity index (χ0n) is 11.7. The molecule has 2 heterocycles. The zero-order chi connectivity index (χ0) is 14.7. The van der Waals surface area contributed by atoms with Crippen molar-refractivity contribution >= 4 is 17.5 Å². The second kappa shape index (κ2) is 6.18. The van der Waals surface area contributed by atoms with E-state index in [2.05, 4.69) is 4.98 Å². The molecule has 1 aromatic heterocycles. The highest BCUT2D eigenvalue weighted by Crippen LogP contribution is 2.36. The number of nitrogens with zero attached hydrogens (tertiary/aromatic N) is 1. The van der Waals surface area contributed by atoms with E-state index < -0.39 is 0 Å². The third-order valence-electron chi connectivity index (χ3n) is 3.05. The molecule has 0 bridgehead atoms. The predicted molar refractivity (Wildman–Crippen MR) is 80.4 cm³/mol. The maximum absolute atomic E-state index is 11.2. The largest absolute Gasteiger partial charge is 0.490 e. The number of Topliss-reactive ketones (excluding diaryl/α,β-unsaturated/α-hetero) is 1. The first-order valence-electron chi connectivity index (χ1n) is 6.77. The summed E-state index contributed by atoms with van der Waals surface area (Å²) in [7, 11) is 0. The fourth-order valence-electron chi connectivity index (χ4n) is 1.99. The Balaban J connectivity index is 1.78. The highest BCUT2D eigenvalue weighted by Gasteiger charge is 2.11. The van der Waals surface area contributed by atoms with Gasteiger partial charge in [0.25, 0.3) is 0 Å². The number of hydrogen-bond donors (Lipinski definition) is 0. The Morgan fingerprint density at radius 1 is 1.10 bits per heavy atom.